The Balaban J connectivity index is 1.38. The average Bonchev–Trinajstić information content (AvgIpc) is 2.73. The zero-order valence-electron chi connectivity index (χ0n) is 19.7. The number of amides is 1. The number of rotatable bonds is 5. The summed E-state index contributed by atoms with van der Waals surface area (Å²) in [6, 6.07) is 9.89. The molecule has 0 unspecified atom stereocenters. The molecule has 0 radical (unpaired) electrons. The van der Waals surface area contributed by atoms with Crippen molar-refractivity contribution in [1.82, 2.24) is 20.2 Å². The third-order valence-corrected chi connectivity index (χ3v) is 6.19. The first kappa shape index (κ1) is 22.5. The number of nitrogens with one attached hydrogen (secondary N) is 2. The van der Waals surface area contributed by atoms with Crippen molar-refractivity contribution >= 4 is 17.4 Å². The number of nitrogens with zero attached hydrogens (tertiary/aromatic N) is 3. The highest BCUT2D eigenvalue weighted by Gasteiger charge is 2.33. The lowest BCUT2D eigenvalue weighted by Gasteiger charge is -2.41. The van der Waals surface area contributed by atoms with Gasteiger partial charge in [-0.3, -0.25) is 9.78 Å². The Kier molecular flexibility index (Phi) is 6.33. The lowest BCUT2D eigenvalue weighted by Crippen LogP contribution is -2.54. The van der Waals surface area contributed by atoms with Gasteiger partial charge >= 0.3 is 0 Å². The van der Waals surface area contributed by atoms with Crippen LogP contribution in [0.2, 0.25) is 0 Å². The molecule has 1 fully saturated rings. The normalized spacial score (nSPS) is 22.2. The molecule has 0 spiro atoms. The van der Waals surface area contributed by atoms with E-state index in [2.05, 4.69) is 55.5 Å². The number of piperidine rings is 1. The molecule has 2 aromatic heterocycles. The van der Waals surface area contributed by atoms with Crippen LogP contribution in [0.4, 0.5) is 11.5 Å². The van der Waals surface area contributed by atoms with Gasteiger partial charge in [-0.15, -0.1) is 0 Å². The number of pyridine rings is 2. The van der Waals surface area contributed by atoms with Crippen molar-refractivity contribution in [1.29, 1.82) is 0 Å². The summed E-state index contributed by atoms with van der Waals surface area (Å²) < 4.78 is 0. The maximum absolute atomic E-state index is 13.1. The van der Waals surface area contributed by atoms with Crippen LogP contribution in [-0.2, 0) is 4.79 Å². The van der Waals surface area contributed by atoms with E-state index >= 15 is 0 Å². The van der Waals surface area contributed by atoms with E-state index in [4.69, 9.17) is 4.98 Å². The number of hydrogen-bond donors (Lipinski definition) is 2. The Morgan fingerprint density at radius 1 is 1.19 bits per heavy atom. The third kappa shape index (κ3) is 5.74. The van der Waals surface area contributed by atoms with Crippen molar-refractivity contribution in [3.05, 3.63) is 60.1 Å². The minimum Gasteiger partial charge on any atom is -0.342 e. The van der Waals surface area contributed by atoms with Gasteiger partial charge in [0, 0.05) is 48.4 Å². The number of carbonyl (C=O) groups excluding carboxylic acids is 1. The van der Waals surface area contributed by atoms with Crippen LogP contribution in [0.1, 0.15) is 65.0 Å². The minimum atomic E-state index is -0.0865. The molecule has 4 heterocycles. The molecule has 1 amide bonds. The second-order valence-electron chi connectivity index (χ2n) is 10.4. The number of carbonyl (C=O) groups is 1. The molecule has 170 valence electrons. The first-order valence-electron chi connectivity index (χ1n) is 11.6. The lowest BCUT2D eigenvalue weighted by atomic mass is 9.82. The molecule has 1 atom stereocenters. The Hall–Kier alpha value is -2.73. The molecule has 6 heteroatoms. The number of aromatic nitrogens is 2. The summed E-state index contributed by atoms with van der Waals surface area (Å²) in [5.74, 6) is 1.32. The number of likely N-dealkylation sites (tertiary alicyclic amines) is 1. The van der Waals surface area contributed by atoms with Gasteiger partial charge in [-0.25, -0.2) is 4.98 Å². The van der Waals surface area contributed by atoms with E-state index in [0.717, 1.165) is 49.6 Å². The van der Waals surface area contributed by atoms with E-state index in [1.807, 2.05) is 35.4 Å². The lowest BCUT2D eigenvalue weighted by molar-refractivity contribution is -0.131. The van der Waals surface area contributed by atoms with Gasteiger partial charge in [0.2, 0.25) is 5.91 Å². The summed E-state index contributed by atoms with van der Waals surface area (Å²) in [5, 5.41) is 6.91. The molecule has 2 aliphatic rings. The molecule has 0 aliphatic carbocycles. The maximum Gasteiger partial charge on any atom is 0.226 e. The summed E-state index contributed by atoms with van der Waals surface area (Å²) in [6.45, 7) is 10.4. The summed E-state index contributed by atoms with van der Waals surface area (Å²) in [5.41, 5.74) is 3.13. The minimum absolute atomic E-state index is 0.00721. The fourth-order valence-corrected chi connectivity index (χ4v) is 5.25. The first-order chi connectivity index (χ1) is 15.2. The van der Waals surface area contributed by atoms with Crippen LogP contribution in [0, 0.1) is 0 Å². The zero-order chi connectivity index (χ0) is 22.8. The highest BCUT2D eigenvalue weighted by Crippen LogP contribution is 2.31. The summed E-state index contributed by atoms with van der Waals surface area (Å²) >= 11 is 0. The standard InChI is InChI=1S/C26H35N5O/c1-25(2)15-19(16-26(3,4)30-25)14-24(32)31-13-7-8-20(18-31)22-11-10-21(17-28-22)29-23-9-5-6-12-27-23/h5-6,9-12,15,17,20,30H,7-8,13-14,16,18H2,1-4H3,(H,27,29)/t20-/m0/s1. The van der Waals surface area contributed by atoms with Crippen LogP contribution in [0.15, 0.2) is 54.4 Å². The molecule has 2 N–H and O–H groups in total. The third-order valence-electron chi connectivity index (χ3n) is 6.19. The molecule has 1 saturated heterocycles. The number of anilines is 2. The molecule has 6 nitrogen and oxygen atoms in total. The second kappa shape index (κ2) is 9.02. The molecule has 0 bridgehead atoms. The van der Waals surface area contributed by atoms with E-state index in [1.54, 1.807) is 6.20 Å². The Morgan fingerprint density at radius 3 is 2.72 bits per heavy atom. The van der Waals surface area contributed by atoms with E-state index < -0.39 is 0 Å². The SMILES string of the molecule is CC1(C)C=C(CC(=O)N2CCC[C@H](c3ccc(Nc4ccccn4)cn3)C2)CC(C)(C)N1. The summed E-state index contributed by atoms with van der Waals surface area (Å²) in [4.78, 5) is 24.2. The van der Waals surface area contributed by atoms with Crippen LogP contribution >= 0.6 is 0 Å². The molecule has 2 aromatic rings. The van der Waals surface area contributed by atoms with Crippen LogP contribution < -0.4 is 10.6 Å². The fourth-order valence-electron chi connectivity index (χ4n) is 5.25. The summed E-state index contributed by atoms with van der Waals surface area (Å²) in [6.07, 6.45) is 9.37. The second-order valence-corrected chi connectivity index (χ2v) is 10.4. The van der Waals surface area contributed by atoms with Crippen LogP contribution in [-0.4, -0.2) is 44.9 Å². The first-order valence-corrected chi connectivity index (χ1v) is 11.6. The quantitative estimate of drug-likeness (QED) is 0.663. The highest BCUT2D eigenvalue weighted by atomic mass is 16.2. The molecular formula is C26H35N5O. The van der Waals surface area contributed by atoms with E-state index in [0.29, 0.717) is 6.42 Å². The van der Waals surface area contributed by atoms with Crippen molar-refractivity contribution in [2.24, 2.45) is 0 Å². The van der Waals surface area contributed by atoms with E-state index in [1.165, 1.54) is 5.57 Å². The largest absolute Gasteiger partial charge is 0.342 e. The smallest absolute Gasteiger partial charge is 0.226 e. The molecule has 32 heavy (non-hydrogen) atoms. The Morgan fingerprint density at radius 2 is 2.03 bits per heavy atom. The molecule has 0 saturated carbocycles. The van der Waals surface area contributed by atoms with Crippen LogP contribution in [0.3, 0.4) is 0 Å². The number of hydrogen-bond acceptors (Lipinski definition) is 5. The van der Waals surface area contributed by atoms with Gasteiger partial charge in [-0.2, -0.15) is 0 Å². The molecule has 2 aliphatic heterocycles. The van der Waals surface area contributed by atoms with Gasteiger partial charge in [0.15, 0.2) is 0 Å². The van der Waals surface area contributed by atoms with Crippen molar-refractivity contribution in [2.45, 2.75) is 70.4 Å². The molecule has 4 rings (SSSR count). The van der Waals surface area contributed by atoms with Gasteiger partial charge in [0.25, 0.3) is 0 Å². The van der Waals surface area contributed by atoms with Gasteiger partial charge in [-0.05, 0) is 71.2 Å². The Bertz CT molecular complexity index is 965. The Labute approximate surface area is 191 Å². The van der Waals surface area contributed by atoms with Crippen molar-refractivity contribution in [3.63, 3.8) is 0 Å². The predicted octanol–water partition coefficient (Wildman–Crippen LogP) is 4.79. The van der Waals surface area contributed by atoms with Crippen molar-refractivity contribution in [2.75, 3.05) is 18.4 Å². The summed E-state index contributed by atoms with van der Waals surface area (Å²) in [7, 11) is 0. The average molecular weight is 434 g/mol. The predicted molar refractivity (Wildman–Crippen MR) is 129 cm³/mol. The fraction of sp³-hybridized carbons (Fsp3) is 0.500. The maximum atomic E-state index is 13.1. The molecule has 0 aromatic carbocycles. The van der Waals surface area contributed by atoms with Gasteiger partial charge in [0.05, 0.1) is 11.9 Å². The molecular weight excluding hydrogens is 398 g/mol. The van der Waals surface area contributed by atoms with Gasteiger partial charge in [0.1, 0.15) is 5.82 Å². The van der Waals surface area contributed by atoms with E-state index in [9.17, 15) is 4.79 Å². The van der Waals surface area contributed by atoms with Crippen molar-refractivity contribution in [3.8, 4) is 0 Å². The van der Waals surface area contributed by atoms with Crippen LogP contribution in [0.5, 0.6) is 0 Å². The zero-order valence-corrected chi connectivity index (χ0v) is 19.7. The van der Waals surface area contributed by atoms with Crippen LogP contribution in [0.25, 0.3) is 0 Å². The topological polar surface area (TPSA) is 70.2 Å². The van der Waals surface area contributed by atoms with Gasteiger partial charge in [-0.1, -0.05) is 17.7 Å². The highest BCUT2D eigenvalue weighted by molar-refractivity contribution is 5.79. The van der Waals surface area contributed by atoms with Crippen molar-refractivity contribution < 1.29 is 4.79 Å². The van der Waals surface area contributed by atoms with E-state index in [-0.39, 0.29) is 22.9 Å². The van der Waals surface area contributed by atoms with Gasteiger partial charge < -0.3 is 15.5 Å². The monoisotopic (exact) mass is 433 g/mol.